The molecule has 6 aromatic carbocycles. The third-order valence-corrected chi connectivity index (χ3v) is 16.4. The van der Waals surface area contributed by atoms with Gasteiger partial charge < -0.3 is 14.1 Å². The van der Waals surface area contributed by atoms with Crippen molar-refractivity contribution in [3.05, 3.63) is 119 Å². The summed E-state index contributed by atoms with van der Waals surface area (Å²) in [5.41, 5.74) is 18.8. The van der Waals surface area contributed by atoms with E-state index in [1.54, 1.807) is 5.56 Å². The fourth-order valence-corrected chi connectivity index (χ4v) is 12.7. The van der Waals surface area contributed by atoms with Crippen molar-refractivity contribution in [2.75, 3.05) is 9.71 Å². The molecule has 0 saturated heterocycles. The first-order valence-electron chi connectivity index (χ1n) is 22.1. The van der Waals surface area contributed by atoms with Gasteiger partial charge in [-0.3, -0.25) is 0 Å². The van der Waals surface area contributed by atoms with Gasteiger partial charge in [-0.05, 0) is 141 Å². The number of hydrogen-bond donors (Lipinski definition) is 0. The van der Waals surface area contributed by atoms with E-state index in [-0.39, 0.29) is 34.0 Å². The molecule has 290 valence electrons. The van der Waals surface area contributed by atoms with E-state index >= 15 is 0 Å². The van der Waals surface area contributed by atoms with E-state index in [4.69, 9.17) is 4.42 Å². The van der Waals surface area contributed by atoms with Crippen molar-refractivity contribution in [1.29, 1.82) is 0 Å². The lowest BCUT2D eigenvalue weighted by Crippen LogP contribution is -2.64. The number of hydrogen-bond acceptors (Lipinski definition) is 3. The maximum Gasteiger partial charge on any atom is 0.333 e. The van der Waals surface area contributed by atoms with E-state index in [0.717, 1.165) is 11.2 Å². The number of benzene rings is 6. The highest BCUT2D eigenvalue weighted by atomic mass is 16.3. The van der Waals surface area contributed by atoms with Crippen LogP contribution in [0.3, 0.4) is 0 Å². The van der Waals surface area contributed by atoms with Crippen LogP contribution < -0.4 is 20.6 Å². The third-order valence-electron chi connectivity index (χ3n) is 16.4. The number of fused-ring (bicyclic) bond motifs is 14. The Morgan fingerprint density at radius 1 is 0.621 bits per heavy atom. The van der Waals surface area contributed by atoms with Gasteiger partial charge in [-0.15, -0.1) is 0 Å². The van der Waals surface area contributed by atoms with E-state index in [9.17, 15) is 0 Å². The molecule has 4 heterocycles. The van der Waals surface area contributed by atoms with Crippen molar-refractivity contribution >= 4 is 73.2 Å². The number of nitrogens with zero attached hydrogens (tertiary/aromatic N) is 2. The van der Waals surface area contributed by atoms with Crippen molar-refractivity contribution < 1.29 is 4.42 Å². The van der Waals surface area contributed by atoms with E-state index in [1.165, 1.54) is 122 Å². The largest absolute Gasteiger partial charge is 0.455 e. The van der Waals surface area contributed by atoms with E-state index in [1.807, 2.05) is 0 Å². The van der Waals surface area contributed by atoms with E-state index < -0.39 is 0 Å². The summed E-state index contributed by atoms with van der Waals surface area (Å²) in [4.78, 5) is 5.56. The third kappa shape index (κ3) is 4.22. The van der Waals surface area contributed by atoms with Gasteiger partial charge in [0.1, 0.15) is 11.2 Å². The predicted octanol–water partition coefficient (Wildman–Crippen LogP) is 13.4. The Hall–Kier alpha value is -4.96. The van der Waals surface area contributed by atoms with Gasteiger partial charge in [0.25, 0.3) is 0 Å². The molecule has 0 N–H and O–H groups in total. The van der Waals surface area contributed by atoms with Crippen molar-refractivity contribution in [2.24, 2.45) is 0 Å². The predicted molar refractivity (Wildman–Crippen MR) is 247 cm³/mol. The zero-order chi connectivity index (χ0) is 39.9. The molecule has 0 radical (unpaired) electrons. The van der Waals surface area contributed by atoms with Crippen LogP contribution in [0.4, 0.5) is 22.7 Å². The van der Waals surface area contributed by atoms with Crippen molar-refractivity contribution in [3.8, 4) is 11.1 Å². The molecule has 0 bridgehead atoms. The minimum absolute atomic E-state index is 0.000241. The average Bonchev–Trinajstić information content (AvgIpc) is 3.67. The lowest BCUT2D eigenvalue weighted by Gasteiger charge is -2.53. The first-order valence-corrected chi connectivity index (χ1v) is 22.1. The Bertz CT molecular complexity index is 2950. The Kier molecular flexibility index (Phi) is 6.64. The lowest BCUT2D eigenvalue weighted by atomic mass is 9.42. The fraction of sp³-hybridized carbons (Fsp3) is 0.370. The zero-order valence-corrected chi connectivity index (χ0v) is 35.9. The first-order chi connectivity index (χ1) is 27.6. The zero-order valence-electron chi connectivity index (χ0n) is 35.9. The Morgan fingerprint density at radius 2 is 1.33 bits per heavy atom. The molecule has 5 aliphatic rings. The number of anilines is 4. The molecule has 2 unspecified atom stereocenters. The Labute approximate surface area is 344 Å². The summed E-state index contributed by atoms with van der Waals surface area (Å²) in [6.07, 6.45) is 7.29. The molecule has 12 rings (SSSR count). The molecule has 7 aromatic rings. The van der Waals surface area contributed by atoms with Crippen LogP contribution in [-0.4, -0.2) is 12.4 Å². The Balaban J connectivity index is 1.26. The van der Waals surface area contributed by atoms with Gasteiger partial charge in [-0.25, -0.2) is 0 Å². The maximum atomic E-state index is 7.37. The maximum absolute atomic E-state index is 7.37. The minimum Gasteiger partial charge on any atom is -0.455 e. The van der Waals surface area contributed by atoms with Gasteiger partial charge in [-0.1, -0.05) is 123 Å². The summed E-state index contributed by atoms with van der Waals surface area (Å²) in [7, 11) is 0. The SMILES string of the molecule is CC(C)(C)c1cc2c3c(c1)C1(C)CCCCC1(C)N3c1cc3ccccc3c3c1B2N(c1ccccc1)c1ccc2c(oc4cc5c(cc42)C(C)(C)CCC5(C)C)c1-3. The molecule has 0 spiro atoms. The second-order valence-electron chi connectivity index (χ2n) is 21.5. The Morgan fingerprint density at radius 3 is 2.09 bits per heavy atom. The van der Waals surface area contributed by atoms with E-state index in [0.29, 0.717) is 0 Å². The van der Waals surface area contributed by atoms with Crippen molar-refractivity contribution in [2.45, 2.75) is 128 Å². The molecular formula is C54H55BN2O. The summed E-state index contributed by atoms with van der Waals surface area (Å²) in [5, 5.41) is 5.05. The van der Waals surface area contributed by atoms with Gasteiger partial charge in [-0.2, -0.15) is 0 Å². The molecule has 4 heteroatoms. The monoisotopic (exact) mass is 758 g/mol. The second-order valence-corrected chi connectivity index (χ2v) is 21.5. The smallest absolute Gasteiger partial charge is 0.333 e. The molecule has 3 aliphatic heterocycles. The van der Waals surface area contributed by atoms with Crippen molar-refractivity contribution in [1.82, 2.24) is 0 Å². The molecule has 1 fully saturated rings. The van der Waals surface area contributed by atoms with Crippen LogP contribution in [0, 0.1) is 0 Å². The van der Waals surface area contributed by atoms with Crippen LogP contribution >= 0.6 is 0 Å². The molecule has 0 amide bonds. The molecule has 1 aromatic heterocycles. The van der Waals surface area contributed by atoms with Gasteiger partial charge >= 0.3 is 6.85 Å². The second kappa shape index (κ2) is 11.0. The van der Waals surface area contributed by atoms with Crippen LogP contribution in [0.5, 0.6) is 0 Å². The van der Waals surface area contributed by atoms with Crippen LogP contribution in [0.15, 0.2) is 101 Å². The minimum atomic E-state index is -0.0536. The molecule has 2 atom stereocenters. The normalized spacial score (nSPS) is 23.5. The van der Waals surface area contributed by atoms with Gasteiger partial charge in [0.2, 0.25) is 0 Å². The summed E-state index contributed by atoms with van der Waals surface area (Å²) in [6, 6.07) is 37.9. The highest BCUT2D eigenvalue weighted by Gasteiger charge is 2.62. The molecule has 3 nitrogen and oxygen atoms in total. The molecular weight excluding hydrogens is 703 g/mol. The summed E-state index contributed by atoms with van der Waals surface area (Å²) >= 11 is 0. The van der Waals surface area contributed by atoms with Crippen LogP contribution in [-0.2, 0) is 21.7 Å². The van der Waals surface area contributed by atoms with Crippen LogP contribution in [0.1, 0.15) is 123 Å². The summed E-state index contributed by atoms with van der Waals surface area (Å²) in [6.45, 7) is 22.1. The average molecular weight is 759 g/mol. The first kappa shape index (κ1) is 35.0. The summed E-state index contributed by atoms with van der Waals surface area (Å²) in [5.74, 6) is 0. The van der Waals surface area contributed by atoms with Gasteiger partial charge in [0, 0.05) is 44.5 Å². The van der Waals surface area contributed by atoms with Crippen molar-refractivity contribution in [3.63, 3.8) is 0 Å². The van der Waals surface area contributed by atoms with Crippen LogP contribution in [0.2, 0.25) is 0 Å². The highest BCUT2D eigenvalue weighted by Crippen LogP contribution is 2.63. The lowest BCUT2D eigenvalue weighted by molar-refractivity contribution is 0.195. The number of para-hydroxylation sites is 1. The molecule has 58 heavy (non-hydrogen) atoms. The highest BCUT2D eigenvalue weighted by molar-refractivity contribution is 6.94. The number of rotatable bonds is 1. The molecule has 2 aliphatic carbocycles. The summed E-state index contributed by atoms with van der Waals surface area (Å²) < 4.78 is 7.37. The standard InChI is InChI=1S/C54H55BN2O/c1-50(2,3)33-28-40-48-41(29-33)55-47-43(56(48)54(9)24-16-15-23-53(40,54)8)27-32-17-13-14-20-35(32)45(47)46-42(57(55)34-18-11-10-12-19-34)22-21-36-37-30-38-39(31-44(37)58-49(36)46)52(6,7)26-25-51(38,4)5/h10-14,17-22,27-31H,15-16,23-26H2,1-9H3. The van der Waals surface area contributed by atoms with Crippen LogP contribution in [0.25, 0.3) is 43.8 Å². The molecule has 1 saturated carbocycles. The quantitative estimate of drug-likeness (QED) is 0.155. The fourth-order valence-electron chi connectivity index (χ4n) is 12.7. The number of furan rings is 1. The topological polar surface area (TPSA) is 19.6 Å². The van der Waals surface area contributed by atoms with E-state index in [2.05, 4.69) is 169 Å². The van der Waals surface area contributed by atoms with Gasteiger partial charge in [0.05, 0.1) is 5.54 Å². The van der Waals surface area contributed by atoms with Gasteiger partial charge in [0.15, 0.2) is 0 Å².